The lowest BCUT2D eigenvalue weighted by atomic mass is 9.95. The summed E-state index contributed by atoms with van der Waals surface area (Å²) < 4.78 is 19.5. The third kappa shape index (κ3) is 4.22. The lowest BCUT2D eigenvalue weighted by Gasteiger charge is -2.31. The van der Waals surface area contributed by atoms with E-state index in [0.717, 1.165) is 16.0 Å². The summed E-state index contributed by atoms with van der Waals surface area (Å²) in [4.78, 5) is 31.3. The normalized spacial score (nSPS) is 14.8. The minimum atomic E-state index is -0.432. The van der Waals surface area contributed by atoms with Gasteiger partial charge in [0.2, 0.25) is 5.91 Å². The van der Waals surface area contributed by atoms with Crippen LogP contribution in [0.1, 0.15) is 23.2 Å². The molecule has 0 unspecified atom stereocenters. The van der Waals surface area contributed by atoms with E-state index < -0.39 is 5.82 Å². The van der Waals surface area contributed by atoms with Crippen molar-refractivity contribution in [2.45, 2.75) is 12.8 Å². The average molecular weight is 413 g/mol. The van der Waals surface area contributed by atoms with Crippen molar-refractivity contribution in [3.8, 4) is 5.75 Å². The number of methoxy groups -OCH3 is 1. The maximum atomic E-state index is 13.4. The van der Waals surface area contributed by atoms with Gasteiger partial charge < -0.3 is 15.0 Å². The Morgan fingerprint density at radius 3 is 2.72 bits per heavy atom. The van der Waals surface area contributed by atoms with E-state index in [0.29, 0.717) is 36.6 Å². The Kier molecular flexibility index (Phi) is 5.44. The topological polar surface area (TPSA) is 71.5 Å². The highest BCUT2D eigenvalue weighted by molar-refractivity contribution is 7.22. The Labute approximate surface area is 171 Å². The van der Waals surface area contributed by atoms with Crippen LogP contribution in [-0.2, 0) is 4.79 Å². The second kappa shape index (κ2) is 8.16. The first kappa shape index (κ1) is 19.3. The number of hydrogen-bond donors (Lipinski definition) is 1. The standard InChI is InChI=1S/C21H20FN3O3S/c1-28-16-5-6-17-18(12-16)29-21(23-17)24-19(26)13-7-9-25(10-8-13)20(27)14-3-2-4-15(22)11-14/h2-6,11-13H,7-10H2,1H3,(H,23,24,26). The summed E-state index contributed by atoms with van der Waals surface area (Å²) in [5, 5.41) is 3.45. The van der Waals surface area contributed by atoms with Gasteiger partial charge in [0, 0.05) is 24.6 Å². The molecule has 1 N–H and O–H groups in total. The monoisotopic (exact) mass is 413 g/mol. The van der Waals surface area contributed by atoms with Gasteiger partial charge >= 0.3 is 0 Å². The minimum Gasteiger partial charge on any atom is -0.497 e. The fraction of sp³-hybridized carbons (Fsp3) is 0.286. The van der Waals surface area contributed by atoms with Crippen LogP contribution in [0.15, 0.2) is 42.5 Å². The van der Waals surface area contributed by atoms with E-state index in [-0.39, 0.29) is 17.7 Å². The molecule has 0 aliphatic carbocycles. The molecular formula is C21H20FN3O3S. The van der Waals surface area contributed by atoms with Crippen LogP contribution in [-0.4, -0.2) is 41.9 Å². The van der Waals surface area contributed by atoms with Gasteiger partial charge in [-0.25, -0.2) is 9.37 Å². The number of carbonyl (C=O) groups is 2. The molecular weight excluding hydrogens is 393 g/mol. The summed E-state index contributed by atoms with van der Waals surface area (Å²) >= 11 is 1.40. The third-order valence-corrected chi connectivity index (χ3v) is 5.98. The van der Waals surface area contributed by atoms with E-state index in [9.17, 15) is 14.0 Å². The van der Waals surface area contributed by atoms with Crippen molar-refractivity contribution in [3.63, 3.8) is 0 Å². The highest BCUT2D eigenvalue weighted by Gasteiger charge is 2.28. The number of piperidine rings is 1. The smallest absolute Gasteiger partial charge is 0.253 e. The molecule has 1 fully saturated rings. The van der Waals surface area contributed by atoms with Crippen molar-refractivity contribution in [3.05, 3.63) is 53.8 Å². The SMILES string of the molecule is COc1ccc2nc(NC(=O)C3CCN(C(=O)c4cccc(F)c4)CC3)sc2c1. The predicted octanol–water partition coefficient (Wildman–Crippen LogP) is 3.93. The van der Waals surface area contributed by atoms with Crippen LogP contribution in [0.2, 0.25) is 0 Å². The van der Waals surface area contributed by atoms with Crippen LogP contribution in [0.4, 0.5) is 9.52 Å². The van der Waals surface area contributed by atoms with Gasteiger partial charge in [-0.3, -0.25) is 9.59 Å². The molecule has 0 bridgehead atoms. The Hall–Kier alpha value is -3.00. The lowest BCUT2D eigenvalue weighted by Crippen LogP contribution is -2.41. The molecule has 150 valence electrons. The summed E-state index contributed by atoms with van der Waals surface area (Å²) in [6.45, 7) is 0.926. The second-order valence-corrected chi connectivity index (χ2v) is 7.95. The van der Waals surface area contributed by atoms with Gasteiger partial charge in [0.25, 0.3) is 5.91 Å². The fourth-order valence-electron chi connectivity index (χ4n) is 3.44. The molecule has 0 radical (unpaired) electrons. The van der Waals surface area contributed by atoms with Crippen LogP contribution >= 0.6 is 11.3 Å². The number of halogens is 1. The number of carbonyl (C=O) groups excluding carboxylic acids is 2. The molecule has 4 rings (SSSR count). The van der Waals surface area contributed by atoms with Crippen molar-refractivity contribution in [2.75, 3.05) is 25.5 Å². The molecule has 8 heteroatoms. The van der Waals surface area contributed by atoms with Crippen molar-refractivity contribution >= 4 is 38.5 Å². The number of anilines is 1. The van der Waals surface area contributed by atoms with Crippen molar-refractivity contribution < 1.29 is 18.7 Å². The molecule has 2 amide bonds. The molecule has 1 aromatic heterocycles. The van der Waals surface area contributed by atoms with E-state index >= 15 is 0 Å². The number of benzene rings is 2. The molecule has 29 heavy (non-hydrogen) atoms. The number of amides is 2. The van der Waals surface area contributed by atoms with Gasteiger partial charge in [-0.1, -0.05) is 17.4 Å². The molecule has 6 nitrogen and oxygen atoms in total. The highest BCUT2D eigenvalue weighted by Crippen LogP contribution is 2.30. The van der Waals surface area contributed by atoms with Crippen LogP contribution in [0.25, 0.3) is 10.2 Å². The average Bonchev–Trinajstić information content (AvgIpc) is 3.14. The highest BCUT2D eigenvalue weighted by atomic mass is 32.1. The van der Waals surface area contributed by atoms with Crippen LogP contribution in [0.3, 0.4) is 0 Å². The zero-order valence-electron chi connectivity index (χ0n) is 15.9. The number of likely N-dealkylation sites (tertiary alicyclic amines) is 1. The first-order valence-corrected chi connectivity index (χ1v) is 10.2. The van der Waals surface area contributed by atoms with Gasteiger partial charge in [0.15, 0.2) is 5.13 Å². The molecule has 0 saturated carbocycles. The Morgan fingerprint density at radius 1 is 1.21 bits per heavy atom. The van der Waals surface area contributed by atoms with Gasteiger partial charge in [-0.15, -0.1) is 0 Å². The maximum absolute atomic E-state index is 13.4. The first-order chi connectivity index (χ1) is 14.0. The number of nitrogens with zero attached hydrogens (tertiary/aromatic N) is 2. The number of nitrogens with one attached hydrogen (secondary N) is 1. The largest absolute Gasteiger partial charge is 0.497 e. The summed E-state index contributed by atoms with van der Waals surface area (Å²) in [6, 6.07) is 11.3. The summed E-state index contributed by atoms with van der Waals surface area (Å²) in [5.41, 5.74) is 1.14. The van der Waals surface area contributed by atoms with Crippen LogP contribution in [0.5, 0.6) is 5.75 Å². The van der Waals surface area contributed by atoms with E-state index in [1.807, 2.05) is 18.2 Å². The molecule has 1 aliphatic heterocycles. The number of ether oxygens (including phenoxy) is 1. The van der Waals surface area contributed by atoms with Gasteiger partial charge in [0.1, 0.15) is 11.6 Å². The van der Waals surface area contributed by atoms with Crippen molar-refractivity contribution in [1.29, 1.82) is 0 Å². The third-order valence-electron chi connectivity index (χ3n) is 5.05. The van der Waals surface area contributed by atoms with Gasteiger partial charge in [-0.05, 0) is 49.2 Å². The zero-order valence-corrected chi connectivity index (χ0v) is 16.7. The molecule has 2 aromatic carbocycles. The maximum Gasteiger partial charge on any atom is 0.253 e. The predicted molar refractivity (Wildman–Crippen MR) is 110 cm³/mol. The van der Waals surface area contributed by atoms with E-state index in [1.54, 1.807) is 18.1 Å². The quantitative estimate of drug-likeness (QED) is 0.703. The Bertz CT molecular complexity index is 1060. The number of rotatable bonds is 4. The Morgan fingerprint density at radius 2 is 2.00 bits per heavy atom. The Balaban J connectivity index is 1.36. The van der Waals surface area contributed by atoms with Gasteiger partial charge in [0.05, 0.1) is 17.3 Å². The van der Waals surface area contributed by atoms with E-state index in [1.165, 1.54) is 29.5 Å². The van der Waals surface area contributed by atoms with Crippen molar-refractivity contribution in [2.24, 2.45) is 5.92 Å². The molecule has 0 atom stereocenters. The molecule has 3 aromatic rings. The fourth-order valence-corrected chi connectivity index (χ4v) is 4.34. The summed E-state index contributed by atoms with van der Waals surface area (Å²) in [6.07, 6.45) is 1.12. The number of thiazole rings is 1. The molecule has 1 aliphatic rings. The molecule has 2 heterocycles. The van der Waals surface area contributed by atoms with Crippen LogP contribution < -0.4 is 10.1 Å². The van der Waals surface area contributed by atoms with E-state index in [4.69, 9.17) is 4.74 Å². The zero-order chi connectivity index (χ0) is 20.4. The number of aromatic nitrogens is 1. The van der Waals surface area contributed by atoms with Gasteiger partial charge in [-0.2, -0.15) is 0 Å². The summed E-state index contributed by atoms with van der Waals surface area (Å²) in [5.74, 6) is -0.168. The molecule has 0 spiro atoms. The van der Waals surface area contributed by atoms with Crippen LogP contribution in [0, 0.1) is 11.7 Å². The number of fused-ring (bicyclic) bond motifs is 1. The first-order valence-electron chi connectivity index (χ1n) is 9.34. The summed E-state index contributed by atoms with van der Waals surface area (Å²) in [7, 11) is 1.61. The lowest BCUT2D eigenvalue weighted by molar-refractivity contribution is -0.121. The number of hydrogen-bond acceptors (Lipinski definition) is 5. The van der Waals surface area contributed by atoms with Crippen molar-refractivity contribution in [1.82, 2.24) is 9.88 Å². The molecule has 1 saturated heterocycles. The van der Waals surface area contributed by atoms with E-state index in [2.05, 4.69) is 10.3 Å². The minimum absolute atomic E-state index is 0.0890. The second-order valence-electron chi connectivity index (χ2n) is 6.92.